The number of hydrogen-bond donors (Lipinski definition) is 0. The molecule has 1 heterocycles. The van der Waals surface area contributed by atoms with E-state index >= 15 is 0 Å². The fourth-order valence-corrected chi connectivity index (χ4v) is 4.35. The molecule has 3 aromatic rings. The molecule has 0 spiro atoms. The van der Waals surface area contributed by atoms with E-state index in [2.05, 4.69) is 22.0 Å². The van der Waals surface area contributed by atoms with E-state index in [-0.39, 0.29) is 24.4 Å². The van der Waals surface area contributed by atoms with Crippen molar-refractivity contribution in [1.82, 2.24) is 4.57 Å². The summed E-state index contributed by atoms with van der Waals surface area (Å²) in [5.74, 6) is -0.798. The summed E-state index contributed by atoms with van der Waals surface area (Å²) in [4.78, 5) is 38.5. The lowest BCUT2D eigenvalue weighted by Crippen LogP contribution is -2.37. The van der Waals surface area contributed by atoms with Gasteiger partial charge in [0.2, 0.25) is 0 Å². The zero-order chi connectivity index (χ0) is 28.2. The molecule has 0 fully saturated rings. The minimum atomic E-state index is -0.903. The highest BCUT2D eigenvalue weighted by Gasteiger charge is 2.33. The van der Waals surface area contributed by atoms with E-state index in [9.17, 15) is 25.0 Å². The van der Waals surface area contributed by atoms with Crippen molar-refractivity contribution in [2.45, 2.75) is 39.8 Å². The Hall–Kier alpha value is -4.17. The molecule has 0 radical (unpaired) electrons. The number of carbonyl (C=O) groups is 2. The highest BCUT2D eigenvalue weighted by Crippen LogP contribution is 2.36. The lowest BCUT2D eigenvalue weighted by atomic mass is 10.0. The Kier molecular flexibility index (Phi) is 8.58. The molecular weight excluding hydrogens is 556 g/mol. The summed E-state index contributed by atoms with van der Waals surface area (Å²) in [5, 5.41) is 21.5. The Bertz CT molecular complexity index is 1420. The molecule has 0 aliphatic heterocycles. The normalized spacial score (nSPS) is 11.0. The first kappa shape index (κ1) is 28.4. The molecule has 2 aromatic carbocycles. The number of nitrogens with zero attached hydrogens (tertiary/aromatic N) is 4. The number of anilines is 1. The summed E-state index contributed by atoms with van der Waals surface area (Å²) < 4.78 is 13.2. The van der Waals surface area contributed by atoms with Crippen molar-refractivity contribution in [3.8, 4) is 17.2 Å². The number of halogens is 1. The molecule has 0 aliphatic carbocycles. The lowest BCUT2D eigenvalue weighted by Gasteiger charge is -2.28. The molecule has 11 heteroatoms. The third-order valence-electron chi connectivity index (χ3n) is 5.40. The number of nitriles is 1. The van der Waals surface area contributed by atoms with Gasteiger partial charge in [0, 0.05) is 24.9 Å². The average molecular weight is 583 g/mol. The molecule has 198 valence electrons. The Morgan fingerprint density at radius 3 is 2.39 bits per heavy atom. The SMILES string of the molecule is CCOC(=O)c1cccc([N+](=O)[O-])c1N(Cc1ccc(-c2c(C#N)cn(C)c2Br)cc1)C(=O)OC(C)(C)C. The Morgan fingerprint density at radius 1 is 1.18 bits per heavy atom. The van der Waals surface area contributed by atoms with Crippen LogP contribution in [0, 0.1) is 21.4 Å². The van der Waals surface area contributed by atoms with Crippen LogP contribution < -0.4 is 4.90 Å². The zero-order valence-corrected chi connectivity index (χ0v) is 23.2. The van der Waals surface area contributed by atoms with Crippen LogP contribution >= 0.6 is 15.9 Å². The fourth-order valence-electron chi connectivity index (χ4n) is 3.81. The molecule has 0 bridgehead atoms. The molecule has 0 N–H and O–H groups in total. The second kappa shape index (κ2) is 11.5. The number of nitro benzene ring substituents is 1. The molecule has 0 unspecified atom stereocenters. The summed E-state index contributed by atoms with van der Waals surface area (Å²) in [6, 6.07) is 13.2. The standard InChI is InChI=1S/C27H27BrN4O6/c1-6-37-25(33)20-8-7-9-21(32(35)36)23(20)31(26(34)38-27(2,3)4)15-17-10-12-18(13-11-17)22-19(14-29)16-30(5)24(22)28/h7-13,16H,6,15H2,1-5H3. The highest BCUT2D eigenvalue weighted by atomic mass is 79.9. The van der Waals surface area contributed by atoms with Crippen LogP contribution in [0.5, 0.6) is 0 Å². The molecule has 10 nitrogen and oxygen atoms in total. The molecule has 1 aromatic heterocycles. The van der Waals surface area contributed by atoms with Crippen molar-refractivity contribution in [2.75, 3.05) is 11.5 Å². The first-order valence-corrected chi connectivity index (χ1v) is 12.5. The van der Waals surface area contributed by atoms with Crippen LogP contribution in [0.3, 0.4) is 0 Å². The third-order valence-corrected chi connectivity index (χ3v) is 6.36. The van der Waals surface area contributed by atoms with Crippen molar-refractivity contribution in [3.05, 3.63) is 80.1 Å². The monoisotopic (exact) mass is 582 g/mol. The van der Waals surface area contributed by atoms with Gasteiger partial charge in [-0.1, -0.05) is 30.3 Å². The first-order chi connectivity index (χ1) is 17.9. The molecule has 0 atom stereocenters. The van der Waals surface area contributed by atoms with Gasteiger partial charge in [0.25, 0.3) is 5.69 Å². The smallest absolute Gasteiger partial charge is 0.415 e. The van der Waals surface area contributed by atoms with Crippen LogP contribution in [0.2, 0.25) is 0 Å². The van der Waals surface area contributed by atoms with E-state index in [1.807, 2.05) is 7.05 Å². The van der Waals surface area contributed by atoms with Gasteiger partial charge in [0.05, 0.1) is 33.8 Å². The summed E-state index contributed by atoms with van der Waals surface area (Å²) in [5.41, 5.74) is 0.889. The number of hydrogen-bond acceptors (Lipinski definition) is 7. The van der Waals surface area contributed by atoms with Crippen LogP contribution in [0.1, 0.15) is 49.2 Å². The number of rotatable bonds is 7. The highest BCUT2D eigenvalue weighted by molar-refractivity contribution is 9.10. The molecule has 38 heavy (non-hydrogen) atoms. The predicted octanol–water partition coefficient (Wildman–Crippen LogP) is 6.35. The van der Waals surface area contributed by atoms with Crippen molar-refractivity contribution >= 4 is 39.4 Å². The second-order valence-corrected chi connectivity index (χ2v) is 10.1. The van der Waals surface area contributed by atoms with Crippen molar-refractivity contribution < 1.29 is 24.0 Å². The van der Waals surface area contributed by atoms with E-state index in [0.29, 0.717) is 16.7 Å². The van der Waals surface area contributed by atoms with Gasteiger partial charge in [-0.15, -0.1) is 0 Å². The lowest BCUT2D eigenvalue weighted by molar-refractivity contribution is -0.384. The van der Waals surface area contributed by atoms with Crippen LogP contribution in [-0.2, 0) is 23.1 Å². The summed E-state index contributed by atoms with van der Waals surface area (Å²) in [6.07, 6.45) is 0.849. The molecule has 1 amide bonds. The maximum Gasteiger partial charge on any atom is 0.415 e. The van der Waals surface area contributed by atoms with Gasteiger partial charge in [-0.3, -0.25) is 15.0 Å². The van der Waals surface area contributed by atoms with Gasteiger partial charge >= 0.3 is 12.1 Å². The van der Waals surface area contributed by atoms with Gasteiger partial charge in [-0.25, -0.2) is 9.59 Å². The van der Waals surface area contributed by atoms with E-state index in [4.69, 9.17) is 9.47 Å². The zero-order valence-electron chi connectivity index (χ0n) is 21.6. The second-order valence-electron chi connectivity index (χ2n) is 9.35. The Labute approximate surface area is 228 Å². The minimum Gasteiger partial charge on any atom is -0.462 e. The number of esters is 1. The number of carbonyl (C=O) groups excluding carboxylic acids is 2. The minimum absolute atomic E-state index is 0.0502. The summed E-state index contributed by atoms with van der Waals surface area (Å²) in [6.45, 7) is 6.56. The predicted molar refractivity (Wildman–Crippen MR) is 145 cm³/mol. The first-order valence-electron chi connectivity index (χ1n) is 11.7. The van der Waals surface area contributed by atoms with Crippen molar-refractivity contribution in [2.24, 2.45) is 7.05 Å². The third kappa shape index (κ3) is 6.20. The number of aromatic nitrogens is 1. The molecule has 3 rings (SSSR count). The van der Waals surface area contributed by atoms with Crippen LogP contribution in [-0.4, -0.2) is 33.8 Å². The molecule has 0 saturated heterocycles. The van der Waals surface area contributed by atoms with Gasteiger partial charge in [0.15, 0.2) is 0 Å². The fraction of sp³-hybridized carbons (Fsp3) is 0.296. The van der Waals surface area contributed by atoms with Crippen LogP contribution in [0.4, 0.5) is 16.2 Å². The molecule has 0 aliphatic rings. The Balaban J connectivity index is 2.12. The maximum atomic E-state index is 13.4. The van der Waals surface area contributed by atoms with E-state index in [1.54, 1.807) is 62.7 Å². The maximum absolute atomic E-state index is 13.4. The average Bonchev–Trinajstić information content (AvgIpc) is 3.14. The summed E-state index contributed by atoms with van der Waals surface area (Å²) in [7, 11) is 1.81. The van der Waals surface area contributed by atoms with Gasteiger partial charge in [-0.2, -0.15) is 5.26 Å². The molecule has 0 saturated carbocycles. The quantitative estimate of drug-likeness (QED) is 0.180. The summed E-state index contributed by atoms with van der Waals surface area (Å²) >= 11 is 3.51. The van der Waals surface area contributed by atoms with Gasteiger partial charge in [0.1, 0.15) is 17.4 Å². The van der Waals surface area contributed by atoms with Gasteiger partial charge < -0.3 is 14.0 Å². The number of para-hydroxylation sites is 1. The molecular formula is C27H27BrN4O6. The van der Waals surface area contributed by atoms with Crippen LogP contribution in [0.15, 0.2) is 53.3 Å². The van der Waals surface area contributed by atoms with Gasteiger partial charge in [-0.05, 0) is 60.8 Å². The number of nitro groups is 1. The largest absolute Gasteiger partial charge is 0.462 e. The number of ether oxygens (including phenoxy) is 2. The van der Waals surface area contributed by atoms with E-state index in [1.165, 1.54) is 18.2 Å². The Morgan fingerprint density at radius 2 is 1.84 bits per heavy atom. The van der Waals surface area contributed by atoms with E-state index < -0.39 is 28.3 Å². The van der Waals surface area contributed by atoms with Crippen LogP contribution in [0.25, 0.3) is 11.1 Å². The number of amides is 1. The van der Waals surface area contributed by atoms with Crippen molar-refractivity contribution in [1.29, 1.82) is 5.26 Å². The number of benzene rings is 2. The topological polar surface area (TPSA) is 128 Å². The van der Waals surface area contributed by atoms with Crippen molar-refractivity contribution in [3.63, 3.8) is 0 Å². The number of aryl methyl sites for hydroxylation is 1. The van der Waals surface area contributed by atoms with E-state index in [0.717, 1.165) is 15.1 Å².